The Labute approximate surface area is 71.3 Å². The van der Waals surface area contributed by atoms with Gasteiger partial charge in [-0.05, 0) is 24.7 Å². The van der Waals surface area contributed by atoms with Gasteiger partial charge < -0.3 is 15.7 Å². The average molecular weight is 170 g/mol. The van der Waals surface area contributed by atoms with Crippen molar-refractivity contribution in [1.82, 2.24) is 4.90 Å². The number of nitrogens with zero attached hydrogens (tertiary/aromatic N) is 1. The van der Waals surface area contributed by atoms with Crippen molar-refractivity contribution < 1.29 is 9.90 Å². The summed E-state index contributed by atoms with van der Waals surface area (Å²) in [6.07, 6.45) is 2.24. The van der Waals surface area contributed by atoms with E-state index in [0.29, 0.717) is 19.1 Å². The van der Waals surface area contributed by atoms with Gasteiger partial charge in [-0.25, -0.2) is 4.79 Å². The molecule has 1 saturated heterocycles. The van der Waals surface area contributed by atoms with Gasteiger partial charge in [-0.1, -0.05) is 0 Å². The van der Waals surface area contributed by atoms with Gasteiger partial charge in [0.1, 0.15) is 0 Å². The van der Waals surface area contributed by atoms with Crippen LogP contribution in [0.2, 0.25) is 0 Å². The van der Waals surface area contributed by atoms with Crippen molar-refractivity contribution in [3.05, 3.63) is 0 Å². The van der Waals surface area contributed by atoms with Crippen LogP contribution >= 0.6 is 0 Å². The van der Waals surface area contributed by atoms with Crippen molar-refractivity contribution in [1.29, 1.82) is 0 Å². The van der Waals surface area contributed by atoms with Crippen LogP contribution in [0.5, 0.6) is 0 Å². The third kappa shape index (κ3) is 1.06. The molecule has 0 bridgehead atoms. The second kappa shape index (κ2) is 2.36. The first-order valence-corrected chi connectivity index (χ1v) is 4.35. The highest BCUT2D eigenvalue weighted by Gasteiger charge is 2.48. The molecule has 1 heterocycles. The number of hydrogen-bond acceptors (Lipinski definition) is 2. The van der Waals surface area contributed by atoms with Crippen LogP contribution in [0, 0.1) is 5.41 Å². The maximum absolute atomic E-state index is 10.6. The molecule has 4 heteroatoms. The van der Waals surface area contributed by atoms with Crippen LogP contribution in [0.3, 0.4) is 0 Å². The predicted molar refractivity (Wildman–Crippen MR) is 43.9 cm³/mol. The molecule has 1 amide bonds. The number of carbonyl (C=O) groups is 1. The number of likely N-dealkylation sites (tertiary alicyclic amines) is 1. The van der Waals surface area contributed by atoms with Gasteiger partial charge >= 0.3 is 6.09 Å². The van der Waals surface area contributed by atoms with Gasteiger partial charge in [0.25, 0.3) is 0 Å². The Balaban J connectivity index is 1.95. The summed E-state index contributed by atoms with van der Waals surface area (Å²) in [7, 11) is 0. The molecule has 0 aromatic carbocycles. The van der Waals surface area contributed by atoms with E-state index in [1.165, 1.54) is 4.90 Å². The zero-order valence-corrected chi connectivity index (χ0v) is 6.99. The molecule has 68 valence electrons. The molecule has 0 atom stereocenters. The molecule has 1 aliphatic heterocycles. The number of nitrogens with two attached hydrogens (primary N) is 1. The predicted octanol–water partition coefficient (Wildman–Crippen LogP) is 0.478. The summed E-state index contributed by atoms with van der Waals surface area (Å²) in [4.78, 5) is 12.1. The molecule has 0 aromatic heterocycles. The monoisotopic (exact) mass is 170 g/mol. The number of carboxylic acid groups (broad SMARTS) is 1. The van der Waals surface area contributed by atoms with Crippen molar-refractivity contribution in [2.24, 2.45) is 11.1 Å². The molecule has 0 unspecified atom stereocenters. The van der Waals surface area contributed by atoms with Crippen LogP contribution < -0.4 is 5.73 Å². The Morgan fingerprint density at radius 1 is 1.58 bits per heavy atom. The van der Waals surface area contributed by atoms with E-state index in [-0.39, 0.29) is 5.41 Å². The number of rotatable bonds is 0. The maximum Gasteiger partial charge on any atom is 0.407 e. The molecule has 2 aliphatic rings. The Morgan fingerprint density at radius 3 is 2.67 bits per heavy atom. The van der Waals surface area contributed by atoms with Crippen LogP contribution in [0.4, 0.5) is 4.79 Å². The molecular weight excluding hydrogens is 156 g/mol. The quantitative estimate of drug-likeness (QED) is 0.555. The lowest BCUT2D eigenvalue weighted by Gasteiger charge is -2.43. The van der Waals surface area contributed by atoms with E-state index < -0.39 is 6.09 Å². The first kappa shape index (κ1) is 7.86. The Bertz CT molecular complexity index is 211. The van der Waals surface area contributed by atoms with Crippen molar-refractivity contribution in [3.8, 4) is 0 Å². The first-order chi connectivity index (χ1) is 5.61. The van der Waals surface area contributed by atoms with E-state index in [2.05, 4.69) is 0 Å². The van der Waals surface area contributed by atoms with E-state index in [0.717, 1.165) is 19.3 Å². The van der Waals surface area contributed by atoms with Crippen LogP contribution in [0.25, 0.3) is 0 Å². The summed E-state index contributed by atoms with van der Waals surface area (Å²) in [6.45, 7) is 1.40. The van der Waals surface area contributed by atoms with Gasteiger partial charge in [0, 0.05) is 19.1 Å². The molecule has 0 aromatic rings. The zero-order valence-electron chi connectivity index (χ0n) is 6.99. The summed E-state index contributed by atoms with van der Waals surface area (Å²) in [5.74, 6) is 0. The lowest BCUT2D eigenvalue weighted by molar-refractivity contribution is 0.104. The molecule has 4 nitrogen and oxygen atoms in total. The molecule has 1 aliphatic carbocycles. The Hall–Kier alpha value is -0.770. The SMILES string of the molecule is N[C@H]1C[C@@]2(CCN(C(=O)O)C2)C1. The standard InChI is InChI=1S/C8H14N2O2/c9-6-3-8(4-6)1-2-10(5-8)7(11)12/h6H,1-5,9H2,(H,11,12)/t6-,8-. The molecule has 12 heavy (non-hydrogen) atoms. The lowest BCUT2D eigenvalue weighted by atomic mass is 9.65. The minimum absolute atomic E-state index is 0.262. The van der Waals surface area contributed by atoms with E-state index in [1.807, 2.05) is 0 Å². The molecular formula is C8H14N2O2. The van der Waals surface area contributed by atoms with E-state index >= 15 is 0 Å². The molecule has 2 rings (SSSR count). The van der Waals surface area contributed by atoms with Crippen molar-refractivity contribution in [3.63, 3.8) is 0 Å². The molecule has 2 fully saturated rings. The van der Waals surface area contributed by atoms with Crippen LogP contribution in [-0.4, -0.2) is 35.2 Å². The van der Waals surface area contributed by atoms with Crippen LogP contribution in [0.15, 0.2) is 0 Å². The minimum Gasteiger partial charge on any atom is -0.465 e. The molecule has 1 spiro atoms. The minimum atomic E-state index is -0.785. The highest BCUT2D eigenvalue weighted by atomic mass is 16.4. The van der Waals surface area contributed by atoms with Gasteiger partial charge in [0.2, 0.25) is 0 Å². The van der Waals surface area contributed by atoms with E-state index in [9.17, 15) is 4.79 Å². The van der Waals surface area contributed by atoms with Crippen LogP contribution in [-0.2, 0) is 0 Å². The Kier molecular flexibility index (Phi) is 1.54. The third-order valence-electron chi connectivity index (χ3n) is 3.10. The summed E-state index contributed by atoms with van der Waals surface area (Å²) in [5.41, 5.74) is 5.95. The average Bonchev–Trinajstić information content (AvgIpc) is 2.31. The number of amides is 1. The summed E-state index contributed by atoms with van der Waals surface area (Å²) in [6, 6.07) is 0.318. The Morgan fingerprint density at radius 2 is 2.25 bits per heavy atom. The summed E-state index contributed by atoms with van der Waals surface area (Å²) < 4.78 is 0. The van der Waals surface area contributed by atoms with Gasteiger partial charge in [-0.15, -0.1) is 0 Å². The first-order valence-electron chi connectivity index (χ1n) is 4.35. The zero-order chi connectivity index (χ0) is 8.77. The van der Waals surface area contributed by atoms with Crippen molar-refractivity contribution in [2.75, 3.05) is 13.1 Å². The van der Waals surface area contributed by atoms with Crippen LogP contribution in [0.1, 0.15) is 19.3 Å². The fraction of sp³-hybridized carbons (Fsp3) is 0.875. The van der Waals surface area contributed by atoms with Crippen molar-refractivity contribution >= 4 is 6.09 Å². The van der Waals surface area contributed by atoms with E-state index in [1.54, 1.807) is 0 Å². The highest BCUT2D eigenvalue weighted by molar-refractivity contribution is 5.65. The second-order valence-electron chi connectivity index (χ2n) is 4.12. The van der Waals surface area contributed by atoms with Gasteiger partial charge in [-0.2, -0.15) is 0 Å². The molecule has 1 saturated carbocycles. The summed E-state index contributed by atoms with van der Waals surface area (Å²) >= 11 is 0. The number of hydrogen-bond donors (Lipinski definition) is 2. The largest absolute Gasteiger partial charge is 0.465 e. The maximum atomic E-state index is 10.6. The van der Waals surface area contributed by atoms with Gasteiger partial charge in [-0.3, -0.25) is 0 Å². The van der Waals surface area contributed by atoms with Gasteiger partial charge in [0.05, 0.1) is 0 Å². The van der Waals surface area contributed by atoms with Gasteiger partial charge in [0.15, 0.2) is 0 Å². The second-order valence-corrected chi connectivity index (χ2v) is 4.12. The smallest absolute Gasteiger partial charge is 0.407 e. The molecule has 0 radical (unpaired) electrons. The fourth-order valence-corrected chi connectivity index (χ4v) is 2.48. The van der Waals surface area contributed by atoms with E-state index in [4.69, 9.17) is 10.8 Å². The normalized spacial score (nSPS) is 40.1. The highest BCUT2D eigenvalue weighted by Crippen LogP contribution is 2.47. The summed E-state index contributed by atoms with van der Waals surface area (Å²) in [5, 5.41) is 8.73. The topological polar surface area (TPSA) is 66.6 Å². The van der Waals surface area contributed by atoms with Crippen molar-refractivity contribution in [2.45, 2.75) is 25.3 Å². The fourth-order valence-electron chi connectivity index (χ4n) is 2.48. The lowest BCUT2D eigenvalue weighted by Crippen LogP contribution is -2.47. The third-order valence-corrected chi connectivity index (χ3v) is 3.10. The molecule has 3 N–H and O–H groups in total.